The molecule has 0 bridgehead atoms. The van der Waals surface area contributed by atoms with Crippen molar-refractivity contribution in [1.82, 2.24) is 5.01 Å². The Kier molecular flexibility index (Phi) is 3.56. The van der Waals surface area contributed by atoms with Gasteiger partial charge in [-0.25, -0.2) is 5.01 Å². The Morgan fingerprint density at radius 3 is 3.00 bits per heavy atom. The summed E-state index contributed by atoms with van der Waals surface area (Å²) in [6.07, 6.45) is 3.63. The van der Waals surface area contributed by atoms with Crippen molar-refractivity contribution < 1.29 is 13.9 Å². The SMILES string of the molecule is O=C(C1CCCO1)N1N=C(c2cccs2)CC1c1ccco1. The fourth-order valence-electron chi connectivity index (χ4n) is 2.93. The fourth-order valence-corrected chi connectivity index (χ4v) is 3.65. The van der Waals surface area contributed by atoms with E-state index in [4.69, 9.17) is 9.15 Å². The highest BCUT2D eigenvalue weighted by atomic mass is 32.1. The van der Waals surface area contributed by atoms with E-state index in [1.807, 2.05) is 29.6 Å². The van der Waals surface area contributed by atoms with Gasteiger partial charge < -0.3 is 9.15 Å². The van der Waals surface area contributed by atoms with Crippen LogP contribution in [0.5, 0.6) is 0 Å². The maximum atomic E-state index is 12.7. The van der Waals surface area contributed by atoms with Crippen LogP contribution in [0.3, 0.4) is 0 Å². The van der Waals surface area contributed by atoms with Gasteiger partial charge in [-0.3, -0.25) is 4.79 Å². The van der Waals surface area contributed by atoms with Crippen LogP contribution in [-0.4, -0.2) is 29.3 Å². The average molecular weight is 316 g/mol. The van der Waals surface area contributed by atoms with Crippen LogP contribution in [-0.2, 0) is 9.53 Å². The van der Waals surface area contributed by atoms with Crippen LogP contribution in [0.4, 0.5) is 0 Å². The number of rotatable bonds is 3. The summed E-state index contributed by atoms with van der Waals surface area (Å²) in [5, 5.41) is 8.16. The molecule has 2 aliphatic heterocycles. The molecule has 0 aliphatic carbocycles. The number of hydrogen-bond donors (Lipinski definition) is 0. The smallest absolute Gasteiger partial charge is 0.272 e. The first-order valence-electron chi connectivity index (χ1n) is 7.42. The van der Waals surface area contributed by atoms with Crippen LogP contribution >= 0.6 is 11.3 Å². The van der Waals surface area contributed by atoms with Crippen molar-refractivity contribution in [2.24, 2.45) is 5.10 Å². The molecular formula is C16H16N2O3S. The summed E-state index contributed by atoms with van der Waals surface area (Å²) in [7, 11) is 0. The number of thiophene rings is 1. The zero-order valence-electron chi connectivity index (χ0n) is 12.0. The minimum Gasteiger partial charge on any atom is -0.467 e. The van der Waals surface area contributed by atoms with Crippen molar-refractivity contribution in [3.63, 3.8) is 0 Å². The number of furan rings is 1. The van der Waals surface area contributed by atoms with E-state index in [-0.39, 0.29) is 18.1 Å². The summed E-state index contributed by atoms with van der Waals surface area (Å²) in [5.41, 5.74) is 0.933. The standard InChI is InChI=1S/C16H16N2O3S/c19-16(14-5-2-8-21-14)18-12(13-4-1-7-20-13)10-11(17-18)15-6-3-9-22-15/h1,3-4,6-7,9,12,14H,2,5,8,10H2. The molecule has 1 fully saturated rings. The molecule has 4 rings (SSSR count). The number of carbonyl (C=O) groups is 1. The minimum atomic E-state index is -0.371. The lowest BCUT2D eigenvalue weighted by molar-refractivity contribution is -0.143. The Morgan fingerprint density at radius 1 is 1.36 bits per heavy atom. The Morgan fingerprint density at radius 2 is 2.32 bits per heavy atom. The molecule has 4 heterocycles. The molecule has 0 spiro atoms. The lowest BCUT2D eigenvalue weighted by atomic mass is 10.1. The fraction of sp³-hybridized carbons (Fsp3) is 0.375. The van der Waals surface area contributed by atoms with Crippen LogP contribution in [0.25, 0.3) is 0 Å². The van der Waals surface area contributed by atoms with E-state index < -0.39 is 0 Å². The summed E-state index contributed by atoms with van der Waals surface area (Å²) >= 11 is 1.63. The molecular weight excluding hydrogens is 300 g/mol. The van der Waals surface area contributed by atoms with E-state index in [9.17, 15) is 4.79 Å². The topological polar surface area (TPSA) is 55.0 Å². The molecule has 1 amide bonds. The van der Waals surface area contributed by atoms with Gasteiger partial charge in [0.15, 0.2) is 0 Å². The number of amides is 1. The van der Waals surface area contributed by atoms with Gasteiger partial charge in [0.05, 0.1) is 16.9 Å². The zero-order chi connectivity index (χ0) is 14.9. The normalized spacial score (nSPS) is 24.7. The predicted molar refractivity (Wildman–Crippen MR) is 82.7 cm³/mol. The average Bonchev–Trinajstić information content (AvgIpc) is 3.35. The first kappa shape index (κ1) is 13.7. The lowest BCUT2D eigenvalue weighted by Gasteiger charge is -2.22. The third-order valence-electron chi connectivity index (χ3n) is 4.02. The summed E-state index contributed by atoms with van der Waals surface area (Å²) in [5.74, 6) is 0.701. The Balaban J connectivity index is 1.65. The van der Waals surface area contributed by atoms with Crippen LogP contribution in [0.15, 0.2) is 45.4 Å². The first-order valence-corrected chi connectivity index (χ1v) is 8.30. The lowest BCUT2D eigenvalue weighted by Crippen LogP contribution is -2.35. The number of hydrazone groups is 1. The van der Waals surface area contributed by atoms with Gasteiger partial charge in [-0.1, -0.05) is 6.07 Å². The predicted octanol–water partition coefficient (Wildman–Crippen LogP) is 3.20. The van der Waals surface area contributed by atoms with E-state index >= 15 is 0 Å². The number of ether oxygens (including phenoxy) is 1. The molecule has 2 aromatic heterocycles. The Hall–Kier alpha value is -1.92. The molecule has 0 N–H and O–H groups in total. The van der Waals surface area contributed by atoms with Crippen molar-refractivity contribution >= 4 is 23.0 Å². The van der Waals surface area contributed by atoms with Gasteiger partial charge in [-0.05, 0) is 36.4 Å². The van der Waals surface area contributed by atoms with Gasteiger partial charge in [-0.2, -0.15) is 5.10 Å². The summed E-state index contributed by atoms with van der Waals surface area (Å²) in [4.78, 5) is 13.8. The molecule has 1 saturated heterocycles. The maximum absolute atomic E-state index is 12.7. The largest absolute Gasteiger partial charge is 0.467 e. The van der Waals surface area contributed by atoms with Gasteiger partial charge in [0.2, 0.25) is 0 Å². The molecule has 22 heavy (non-hydrogen) atoms. The zero-order valence-corrected chi connectivity index (χ0v) is 12.8. The van der Waals surface area contributed by atoms with Crippen LogP contribution in [0.1, 0.15) is 35.9 Å². The second-order valence-electron chi connectivity index (χ2n) is 5.44. The van der Waals surface area contributed by atoms with Crippen LogP contribution in [0, 0.1) is 0 Å². The molecule has 2 aromatic rings. The van der Waals surface area contributed by atoms with Crippen molar-refractivity contribution in [3.8, 4) is 0 Å². The van der Waals surface area contributed by atoms with E-state index in [0.29, 0.717) is 13.0 Å². The first-order chi connectivity index (χ1) is 10.8. The van der Waals surface area contributed by atoms with Crippen molar-refractivity contribution in [2.45, 2.75) is 31.4 Å². The van der Waals surface area contributed by atoms with Gasteiger partial charge in [0, 0.05) is 13.0 Å². The monoisotopic (exact) mass is 316 g/mol. The Bertz CT molecular complexity index is 672. The third-order valence-corrected chi connectivity index (χ3v) is 4.94. The van der Waals surface area contributed by atoms with Crippen molar-refractivity contribution in [1.29, 1.82) is 0 Å². The van der Waals surface area contributed by atoms with E-state index in [1.54, 1.807) is 22.6 Å². The van der Waals surface area contributed by atoms with Gasteiger partial charge in [0.25, 0.3) is 5.91 Å². The Labute approximate surface area is 132 Å². The molecule has 114 valence electrons. The van der Waals surface area contributed by atoms with Gasteiger partial charge in [0.1, 0.15) is 17.9 Å². The second-order valence-corrected chi connectivity index (χ2v) is 6.39. The van der Waals surface area contributed by atoms with Gasteiger partial charge in [-0.15, -0.1) is 11.3 Å². The summed E-state index contributed by atoms with van der Waals surface area (Å²) < 4.78 is 11.1. The quantitative estimate of drug-likeness (QED) is 0.874. The molecule has 2 aliphatic rings. The second kappa shape index (κ2) is 5.70. The van der Waals surface area contributed by atoms with Crippen molar-refractivity contribution in [2.75, 3.05) is 6.61 Å². The summed E-state index contributed by atoms with van der Waals surface area (Å²) in [6.45, 7) is 0.650. The van der Waals surface area contributed by atoms with E-state index in [2.05, 4.69) is 5.10 Å². The molecule has 2 atom stereocenters. The maximum Gasteiger partial charge on any atom is 0.272 e. The van der Waals surface area contributed by atoms with E-state index in [1.165, 1.54) is 0 Å². The van der Waals surface area contributed by atoms with Gasteiger partial charge >= 0.3 is 0 Å². The number of carbonyl (C=O) groups excluding carboxylic acids is 1. The minimum absolute atomic E-state index is 0.0644. The highest BCUT2D eigenvalue weighted by Gasteiger charge is 2.39. The molecule has 5 nitrogen and oxygen atoms in total. The summed E-state index contributed by atoms with van der Waals surface area (Å²) in [6, 6.07) is 7.59. The van der Waals surface area contributed by atoms with E-state index in [0.717, 1.165) is 29.2 Å². The number of hydrogen-bond acceptors (Lipinski definition) is 5. The number of nitrogens with zero attached hydrogens (tertiary/aromatic N) is 2. The molecule has 6 heteroatoms. The third kappa shape index (κ3) is 2.38. The molecule has 0 radical (unpaired) electrons. The molecule has 0 saturated carbocycles. The van der Waals surface area contributed by atoms with Crippen molar-refractivity contribution in [3.05, 3.63) is 46.5 Å². The molecule has 2 unspecified atom stereocenters. The van der Waals surface area contributed by atoms with Crippen LogP contribution < -0.4 is 0 Å². The molecule has 0 aromatic carbocycles. The van der Waals surface area contributed by atoms with Crippen LogP contribution in [0.2, 0.25) is 0 Å². The highest BCUT2D eigenvalue weighted by molar-refractivity contribution is 7.12. The highest BCUT2D eigenvalue weighted by Crippen LogP contribution is 2.35.